The summed E-state index contributed by atoms with van der Waals surface area (Å²) in [6.07, 6.45) is -5.59. The molecule has 0 bridgehead atoms. The largest absolute Gasteiger partial charge is 0.416 e. The molecule has 0 saturated carbocycles. The van der Waals surface area contributed by atoms with Crippen molar-refractivity contribution in [1.82, 2.24) is 0 Å². The molecule has 0 amide bonds. The van der Waals surface area contributed by atoms with Crippen molar-refractivity contribution in [2.45, 2.75) is 12.4 Å². The van der Waals surface area contributed by atoms with Crippen LogP contribution in [0.2, 0.25) is 0 Å². The molecule has 1 unspecified atom stereocenters. The first-order valence-electron chi connectivity index (χ1n) is 3.41. The summed E-state index contributed by atoms with van der Waals surface area (Å²) in [5.41, 5.74) is -1.42. The Hall–Kier alpha value is -0.940. The lowest BCUT2D eigenvalue weighted by Gasteiger charge is -2.19. The zero-order chi connectivity index (χ0) is 11.0. The molecule has 0 fully saturated rings. The molecule has 1 aliphatic carbocycles. The first kappa shape index (κ1) is 11.1. The standard InChI is InChI=1S/C8H3F6/c9-7(10,11)5-2-1-3-6(4-5)8(12,13)14/h1,4-5H. The minimum Gasteiger partial charge on any atom is -0.170 e. The first-order valence-corrected chi connectivity index (χ1v) is 3.41. The molecule has 1 aliphatic rings. The minimum atomic E-state index is -4.80. The average molecular weight is 213 g/mol. The van der Waals surface area contributed by atoms with E-state index in [1.807, 2.05) is 0 Å². The van der Waals surface area contributed by atoms with E-state index in [0.29, 0.717) is 6.08 Å². The lowest BCUT2D eigenvalue weighted by Crippen LogP contribution is -2.25. The topological polar surface area (TPSA) is 0 Å². The zero-order valence-electron chi connectivity index (χ0n) is 6.50. The Morgan fingerprint density at radius 1 is 1.07 bits per heavy atom. The fourth-order valence-corrected chi connectivity index (χ4v) is 0.837. The van der Waals surface area contributed by atoms with E-state index in [9.17, 15) is 26.3 Å². The second-order valence-electron chi connectivity index (χ2n) is 2.55. The summed E-state index contributed by atoms with van der Waals surface area (Å²) in [5.74, 6) is -2.31. The molecule has 0 saturated heterocycles. The molecule has 0 aromatic carbocycles. The van der Waals surface area contributed by atoms with Crippen LogP contribution in [0.1, 0.15) is 0 Å². The summed E-state index contributed by atoms with van der Waals surface area (Å²) >= 11 is 0. The summed E-state index contributed by atoms with van der Waals surface area (Å²) in [5, 5.41) is 0. The van der Waals surface area contributed by atoms with Crippen LogP contribution in [-0.2, 0) is 0 Å². The fraction of sp³-hybridized carbons (Fsp3) is 0.375. The molecule has 0 nitrogen and oxygen atoms in total. The van der Waals surface area contributed by atoms with Crippen LogP contribution < -0.4 is 0 Å². The molecule has 0 aliphatic heterocycles. The average Bonchev–Trinajstić information content (AvgIpc) is 2.01. The first-order chi connectivity index (χ1) is 6.21. The molecule has 6 heteroatoms. The van der Waals surface area contributed by atoms with E-state index < -0.39 is 23.8 Å². The molecule has 0 aromatic heterocycles. The van der Waals surface area contributed by atoms with Gasteiger partial charge in [0.15, 0.2) is 0 Å². The van der Waals surface area contributed by atoms with E-state index in [1.54, 1.807) is 12.5 Å². The van der Waals surface area contributed by atoms with Crippen molar-refractivity contribution < 1.29 is 26.3 Å². The summed E-state index contributed by atoms with van der Waals surface area (Å²) in [6.45, 7) is 0. The molecule has 1 rings (SSSR count). The van der Waals surface area contributed by atoms with Gasteiger partial charge in [-0.2, -0.15) is 26.3 Å². The third-order valence-electron chi connectivity index (χ3n) is 1.48. The van der Waals surface area contributed by atoms with Crippen molar-refractivity contribution in [3.8, 4) is 0 Å². The Morgan fingerprint density at radius 3 is 2.07 bits per heavy atom. The quantitative estimate of drug-likeness (QED) is 0.542. The molecule has 1 atom stereocenters. The summed E-state index contributed by atoms with van der Waals surface area (Å²) in [6, 6.07) is 0. The molecule has 0 N–H and O–H groups in total. The predicted octanol–water partition coefficient (Wildman–Crippen LogP) is 3.11. The lowest BCUT2D eigenvalue weighted by atomic mass is 9.95. The number of halogens is 6. The number of hydrogen-bond donors (Lipinski definition) is 0. The maximum Gasteiger partial charge on any atom is 0.416 e. The Morgan fingerprint density at radius 2 is 1.64 bits per heavy atom. The van der Waals surface area contributed by atoms with E-state index in [2.05, 4.69) is 0 Å². The molecule has 0 heterocycles. The third kappa shape index (κ3) is 2.52. The summed E-state index contributed by atoms with van der Waals surface area (Å²) in [4.78, 5) is 0. The Bertz CT molecular complexity index is 267. The van der Waals surface area contributed by atoms with Crippen molar-refractivity contribution in [1.29, 1.82) is 0 Å². The van der Waals surface area contributed by atoms with Gasteiger partial charge in [-0.1, -0.05) is 12.2 Å². The molecular weight excluding hydrogens is 210 g/mol. The van der Waals surface area contributed by atoms with Crippen molar-refractivity contribution in [2.75, 3.05) is 0 Å². The molecule has 0 aromatic rings. The molecule has 0 spiro atoms. The normalized spacial score (nSPS) is 23.6. The second-order valence-corrected chi connectivity index (χ2v) is 2.55. The van der Waals surface area contributed by atoms with Crippen LogP contribution in [0.5, 0.6) is 0 Å². The number of alkyl halides is 6. The van der Waals surface area contributed by atoms with Gasteiger partial charge in [0, 0.05) is 6.42 Å². The van der Waals surface area contributed by atoms with Gasteiger partial charge >= 0.3 is 12.4 Å². The summed E-state index contributed by atoms with van der Waals surface area (Å²) in [7, 11) is 0. The maximum atomic E-state index is 12.0. The van der Waals surface area contributed by atoms with Crippen LogP contribution in [0.4, 0.5) is 26.3 Å². The van der Waals surface area contributed by atoms with E-state index in [4.69, 9.17) is 0 Å². The van der Waals surface area contributed by atoms with Crippen LogP contribution in [0.15, 0.2) is 17.7 Å². The molecule has 77 valence electrons. The van der Waals surface area contributed by atoms with E-state index in [0.717, 1.165) is 0 Å². The van der Waals surface area contributed by atoms with Gasteiger partial charge in [-0.05, 0) is 6.08 Å². The van der Waals surface area contributed by atoms with Gasteiger partial charge < -0.3 is 0 Å². The Kier molecular flexibility index (Phi) is 2.65. The van der Waals surface area contributed by atoms with Crippen molar-refractivity contribution >= 4 is 0 Å². The van der Waals surface area contributed by atoms with Crippen LogP contribution in [0.25, 0.3) is 0 Å². The SMILES string of the molecule is FC(F)(F)C1=CC(C(F)(F)F)[C]C=[C]1. The van der Waals surface area contributed by atoms with E-state index >= 15 is 0 Å². The number of rotatable bonds is 0. The van der Waals surface area contributed by atoms with Gasteiger partial charge in [-0.15, -0.1) is 0 Å². The number of hydrogen-bond acceptors (Lipinski definition) is 0. The predicted molar refractivity (Wildman–Crippen MR) is 34.7 cm³/mol. The minimum absolute atomic E-state index is 0.0556. The smallest absolute Gasteiger partial charge is 0.170 e. The Labute approximate surface area is 75.9 Å². The van der Waals surface area contributed by atoms with Crippen LogP contribution in [0, 0.1) is 18.4 Å². The highest BCUT2D eigenvalue weighted by Crippen LogP contribution is 2.37. The van der Waals surface area contributed by atoms with Crippen LogP contribution >= 0.6 is 0 Å². The molecular formula is C8H3F6. The molecule has 3 radical (unpaired) electrons. The van der Waals surface area contributed by atoms with Gasteiger partial charge in [0.2, 0.25) is 0 Å². The second kappa shape index (κ2) is 3.33. The zero-order valence-corrected chi connectivity index (χ0v) is 6.50. The van der Waals surface area contributed by atoms with Crippen molar-refractivity contribution in [3.05, 3.63) is 30.2 Å². The highest BCUT2D eigenvalue weighted by atomic mass is 19.4. The van der Waals surface area contributed by atoms with Gasteiger partial charge in [-0.25, -0.2) is 0 Å². The third-order valence-corrected chi connectivity index (χ3v) is 1.48. The maximum absolute atomic E-state index is 12.0. The van der Waals surface area contributed by atoms with Gasteiger partial charge in [-0.3, -0.25) is 0 Å². The van der Waals surface area contributed by atoms with Gasteiger partial charge in [0.1, 0.15) is 0 Å². The number of allylic oxidation sites excluding steroid dienone is 4. The monoisotopic (exact) mass is 213 g/mol. The van der Waals surface area contributed by atoms with Crippen LogP contribution in [0.3, 0.4) is 0 Å². The highest BCUT2D eigenvalue weighted by molar-refractivity contribution is 5.28. The van der Waals surface area contributed by atoms with Gasteiger partial charge in [0.25, 0.3) is 0 Å². The van der Waals surface area contributed by atoms with Crippen molar-refractivity contribution in [3.63, 3.8) is 0 Å². The van der Waals surface area contributed by atoms with E-state index in [-0.39, 0.29) is 6.08 Å². The lowest BCUT2D eigenvalue weighted by molar-refractivity contribution is -0.153. The molecule has 14 heavy (non-hydrogen) atoms. The van der Waals surface area contributed by atoms with Gasteiger partial charge in [0.05, 0.1) is 11.5 Å². The summed E-state index contributed by atoms with van der Waals surface area (Å²) < 4.78 is 71.8. The fourth-order valence-electron chi connectivity index (χ4n) is 0.837. The Balaban J connectivity index is 2.90. The van der Waals surface area contributed by atoms with Crippen LogP contribution in [-0.4, -0.2) is 12.4 Å². The van der Waals surface area contributed by atoms with Crippen molar-refractivity contribution in [2.24, 2.45) is 5.92 Å². The highest BCUT2D eigenvalue weighted by Gasteiger charge is 2.42. The van der Waals surface area contributed by atoms with E-state index in [1.165, 1.54) is 0 Å².